The summed E-state index contributed by atoms with van der Waals surface area (Å²) in [6, 6.07) is 6.55. The van der Waals surface area contributed by atoms with Crippen LogP contribution < -0.4 is 10.8 Å². The number of aromatic nitrogens is 1. The van der Waals surface area contributed by atoms with Gasteiger partial charge in [0.05, 0.1) is 17.8 Å². The molecule has 5 rings (SSSR count). The summed E-state index contributed by atoms with van der Waals surface area (Å²) in [5.74, 6) is 0.371. The van der Waals surface area contributed by atoms with Crippen LogP contribution in [0, 0.1) is 5.92 Å². The van der Waals surface area contributed by atoms with E-state index in [1.165, 1.54) is 25.9 Å². The van der Waals surface area contributed by atoms with E-state index in [0.717, 1.165) is 28.6 Å². The molecule has 0 amide bonds. The Morgan fingerprint density at radius 1 is 1.40 bits per heavy atom. The van der Waals surface area contributed by atoms with Gasteiger partial charge in [-0.1, -0.05) is 17.6 Å². The molecule has 5 nitrogen and oxygen atoms in total. The monoisotopic (exact) mass is 337 g/mol. The minimum Gasteiger partial charge on any atom is -0.462 e. The van der Waals surface area contributed by atoms with E-state index < -0.39 is 0 Å². The Morgan fingerprint density at radius 3 is 2.88 bits per heavy atom. The number of hydrogen-bond acceptors (Lipinski definition) is 5. The Morgan fingerprint density at radius 2 is 2.20 bits per heavy atom. The fourth-order valence-corrected chi connectivity index (χ4v) is 4.14. The standard InChI is InChI=1S/C19H24BN3O2/c1-2-25-19(24)15-10-21-16-4-3-13(20)9-14(16)18(15)22-17-11-23-7-5-12(17)6-8-23/h3-4,9-10,12,17H,2,5-8,11,20H2,1H3,(H,21,22). The first kappa shape index (κ1) is 16.4. The third kappa shape index (κ3) is 3.11. The molecule has 3 aliphatic heterocycles. The minimum absolute atomic E-state index is 0.304. The molecule has 3 saturated heterocycles. The SMILES string of the molecule is Bc1ccc2ncc(C(=O)OCC)c(NC3CN4CCC3CC4)c2c1. The van der Waals surface area contributed by atoms with Gasteiger partial charge in [-0.3, -0.25) is 4.98 Å². The number of nitrogens with zero attached hydrogens (tertiary/aromatic N) is 2. The molecule has 0 aliphatic carbocycles. The first-order chi connectivity index (χ1) is 12.2. The molecule has 3 aliphatic rings. The van der Waals surface area contributed by atoms with E-state index in [0.29, 0.717) is 24.1 Å². The van der Waals surface area contributed by atoms with Crippen LogP contribution in [-0.2, 0) is 4.74 Å². The van der Waals surface area contributed by atoms with Gasteiger partial charge in [0.25, 0.3) is 0 Å². The predicted molar refractivity (Wildman–Crippen MR) is 102 cm³/mol. The van der Waals surface area contributed by atoms with E-state index in [9.17, 15) is 4.79 Å². The zero-order valence-corrected chi connectivity index (χ0v) is 14.9. The van der Waals surface area contributed by atoms with Crippen molar-refractivity contribution in [3.05, 3.63) is 30.0 Å². The van der Waals surface area contributed by atoms with Crippen LogP contribution in [0.3, 0.4) is 0 Å². The van der Waals surface area contributed by atoms with Crippen molar-refractivity contribution in [2.75, 3.05) is 31.6 Å². The van der Waals surface area contributed by atoms with Crippen molar-refractivity contribution in [1.29, 1.82) is 0 Å². The maximum absolute atomic E-state index is 12.5. The third-order valence-corrected chi connectivity index (χ3v) is 5.50. The molecule has 0 saturated carbocycles. The molecule has 1 aromatic carbocycles. The Labute approximate surface area is 149 Å². The summed E-state index contributed by atoms with van der Waals surface area (Å²) < 4.78 is 5.27. The van der Waals surface area contributed by atoms with E-state index in [2.05, 4.69) is 35.2 Å². The van der Waals surface area contributed by atoms with E-state index in [1.54, 1.807) is 6.20 Å². The number of pyridine rings is 1. The van der Waals surface area contributed by atoms with Crippen molar-refractivity contribution < 1.29 is 9.53 Å². The molecule has 0 spiro atoms. The van der Waals surface area contributed by atoms with Gasteiger partial charge in [0.15, 0.2) is 0 Å². The second-order valence-corrected chi connectivity index (χ2v) is 7.18. The van der Waals surface area contributed by atoms with Gasteiger partial charge in [0.1, 0.15) is 13.4 Å². The summed E-state index contributed by atoms with van der Waals surface area (Å²) in [5, 5.41) is 4.71. The van der Waals surface area contributed by atoms with Crippen LogP contribution in [0.2, 0.25) is 0 Å². The Hall–Kier alpha value is -2.08. The van der Waals surface area contributed by atoms with E-state index >= 15 is 0 Å². The molecule has 130 valence electrons. The van der Waals surface area contributed by atoms with Crippen molar-refractivity contribution in [2.45, 2.75) is 25.8 Å². The van der Waals surface area contributed by atoms with Gasteiger partial charge in [-0.15, -0.1) is 0 Å². The first-order valence-corrected chi connectivity index (χ1v) is 9.21. The summed E-state index contributed by atoms with van der Waals surface area (Å²) in [7, 11) is 2.06. The van der Waals surface area contributed by atoms with Crippen LogP contribution in [-0.4, -0.2) is 56.0 Å². The Kier molecular flexibility index (Phi) is 4.38. The molecule has 2 aromatic rings. The highest BCUT2D eigenvalue weighted by Crippen LogP contribution is 2.33. The molecular weight excluding hydrogens is 313 g/mol. The summed E-state index contributed by atoms with van der Waals surface area (Å²) in [5.41, 5.74) is 3.48. The molecular formula is C19H24BN3O2. The van der Waals surface area contributed by atoms with E-state index in [4.69, 9.17) is 4.74 Å². The lowest BCUT2D eigenvalue weighted by Crippen LogP contribution is -2.53. The lowest BCUT2D eigenvalue weighted by Gasteiger charge is -2.45. The Bertz CT molecular complexity index is 803. The van der Waals surface area contributed by atoms with Crippen LogP contribution >= 0.6 is 0 Å². The van der Waals surface area contributed by atoms with Crippen LogP contribution in [0.1, 0.15) is 30.1 Å². The molecule has 2 bridgehead atoms. The van der Waals surface area contributed by atoms with Crippen molar-refractivity contribution in [2.24, 2.45) is 5.92 Å². The van der Waals surface area contributed by atoms with E-state index in [-0.39, 0.29) is 5.97 Å². The zero-order valence-electron chi connectivity index (χ0n) is 14.9. The zero-order chi connectivity index (χ0) is 17.4. The van der Waals surface area contributed by atoms with Gasteiger partial charge in [-0.2, -0.15) is 0 Å². The van der Waals surface area contributed by atoms with Gasteiger partial charge >= 0.3 is 5.97 Å². The highest BCUT2D eigenvalue weighted by Gasteiger charge is 2.35. The molecule has 25 heavy (non-hydrogen) atoms. The topological polar surface area (TPSA) is 54.5 Å². The normalized spacial score (nSPS) is 25.1. The lowest BCUT2D eigenvalue weighted by molar-refractivity contribution is 0.0526. The smallest absolute Gasteiger partial charge is 0.341 e. The van der Waals surface area contributed by atoms with Gasteiger partial charge in [-0.25, -0.2) is 4.79 Å². The molecule has 1 aromatic heterocycles. The molecule has 1 atom stereocenters. The number of ether oxygens (including phenoxy) is 1. The van der Waals surface area contributed by atoms with Crippen molar-refractivity contribution >= 4 is 35.9 Å². The van der Waals surface area contributed by atoms with Gasteiger partial charge in [-0.05, 0) is 44.8 Å². The van der Waals surface area contributed by atoms with Crippen LogP contribution in [0.5, 0.6) is 0 Å². The lowest BCUT2D eigenvalue weighted by atomic mass is 9.83. The van der Waals surface area contributed by atoms with Crippen molar-refractivity contribution in [3.8, 4) is 0 Å². The number of anilines is 1. The average molecular weight is 337 g/mol. The fourth-order valence-electron chi connectivity index (χ4n) is 4.14. The number of nitrogens with one attached hydrogen (secondary N) is 1. The summed E-state index contributed by atoms with van der Waals surface area (Å²) in [6.07, 6.45) is 4.11. The number of esters is 1. The molecule has 1 unspecified atom stereocenters. The van der Waals surface area contributed by atoms with E-state index in [1.807, 2.05) is 13.0 Å². The summed E-state index contributed by atoms with van der Waals surface area (Å²) >= 11 is 0. The second-order valence-electron chi connectivity index (χ2n) is 7.18. The quantitative estimate of drug-likeness (QED) is 0.671. The number of piperidine rings is 3. The van der Waals surface area contributed by atoms with Gasteiger partial charge in [0, 0.05) is 24.2 Å². The van der Waals surface area contributed by atoms with Crippen LogP contribution in [0.25, 0.3) is 10.9 Å². The maximum atomic E-state index is 12.5. The van der Waals surface area contributed by atoms with Crippen LogP contribution in [0.4, 0.5) is 5.69 Å². The average Bonchev–Trinajstić information content (AvgIpc) is 2.63. The largest absolute Gasteiger partial charge is 0.462 e. The number of rotatable bonds is 4. The summed E-state index contributed by atoms with van der Waals surface area (Å²) in [4.78, 5) is 19.5. The maximum Gasteiger partial charge on any atom is 0.341 e. The molecule has 0 radical (unpaired) electrons. The van der Waals surface area contributed by atoms with Crippen molar-refractivity contribution in [1.82, 2.24) is 9.88 Å². The second kappa shape index (κ2) is 6.67. The fraction of sp³-hybridized carbons (Fsp3) is 0.474. The molecule has 4 heterocycles. The number of carbonyl (C=O) groups excluding carboxylic acids is 1. The highest BCUT2D eigenvalue weighted by molar-refractivity contribution is 6.33. The number of hydrogen-bond donors (Lipinski definition) is 1. The number of fused-ring (bicyclic) bond motifs is 4. The highest BCUT2D eigenvalue weighted by atomic mass is 16.5. The molecule has 1 N–H and O–H groups in total. The minimum atomic E-state index is -0.304. The Balaban J connectivity index is 1.76. The first-order valence-electron chi connectivity index (χ1n) is 9.21. The van der Waals surface area contributed by atoms with Gasteiger partial charge in [0.2, 0.25) is 0 Å². The molecule has 3 fully saturated rings. The van der Waals surface area contributed by atoms with Crippen molar-refractivity contribution in [3.63, 3.8) is 0 Å². The summed E-state index contributed by atoms with van der Waals surface area (Å²) in [6.45, 7) is 5.64. The van der Waals surface area contributed by atoms with Gasteiger partial charge < -0.3 is 15.0 Å². The predicted octanol–water partition coefficient (Wildman–Crippen LogP) is 1.18. The number of carbonyl (C=O) groups is 1. The third-order valence-electron chi connectivity index (χ3n) is 5.50. The number of benzene rings is 1. The molecule has 6 heteroatoms. The van der Waals surface area contributed by atoms with Crippen LogP contribution in [0.15, 0.2) is 24.4 Å².